The molecule has 5 rings (SSSR count). The van der Waals surface area contributed by atoms with Gasteiger partial charge in [-0.25, -0.2) is 9.48 Å². The highest BCUT2D eigenvalue weighted by Crippen LogP contribution is 2.29. The summed E-state index contributed by atoms with van der Waals surface area (Å²) >= 11 is 0. The lowest BCUT2D eigenvalue weighted by atomic mass is 9.98. The van der Waals surface area contributed by atoms with Crippen molar-refractivity contribution >= 4 is 0 Å². The maximum atomic E-state index is 13.5. The molecule has 0 aliphatic rings. The van der Waals surface area contributed by atoms with Crippen molar-refractivity contribution in [2.24, 2.45) is 0 Å². The Morgan fingerprint density at radius 3 is 2.33 bits per heavy atom. The molecule has 182 valence electrons. The molecule has 0 fully saturated rings. The van der Waals surface area contributed by atoms with E-state index in [1.54, 1.807) is 4.68 Å². The molecule has 0 bridgehead atoms. The molecule has 8 heteroatoms. The van der Waals surface area contributed by atoms with Gasteiger partial charge in [-0.3, -0.25) is 4.57 Å². The summed E-state index contributed by atoms with van der Waals surface area (Å²) in [4.78, 5) is 13.5. The largest absolute Gasteiger partial charge is 0.346 e. The lowest BCUT2D eigenvalue weighted by molar-refractivity contribution is 0.533. The first-order valence-electron chi connectivity index (χ1n) is 12.3. The zero-order valence-electron chi connectivity index (χ0n) is 20.5. The smallest absolute Gasteiger partial charge is 0.274 e. The summed E-state index contributed by atoms with van der Waals surface area (Å²) in [5, 5.41) is 19.2. The second-order valence-electron chi connectivity index (χ2n) is 8.90. The number of rotatable bonds is 9. The number of aromatic nitrogens is 7. The number of hydrogen-bond donors (Lipinski definition) is 1. The van der Waals surface area contributed by atoms with Crippen molar-refractivity contribution < 1.29 is 0 Å². The molecule has 0 saturated carbocycles. The minimum atomic E-state index is -0.135. The van der Waals surface area contributed by atoms with Crippen molar-refractivity contribution in [3.05, 3.63) is 106 Å². The van der Waals surface area contributed by atoms with Crippen LogP contribution in [0.1, 0.15) is 49.7 Å². The molecular formula is C28H29N7O. The Balaban J connectivity index is 1.45. The van der Waals surface area contributed by atoms with E-state index in [9.17, 15) is 4.79 Å². The van der Waals surface area contributed by atoms with Crippen LogP contribution in [0.25, 0.3) is 22.5 Å². The predicted molar refractivity (Wildman–Crippen MR) is 140 cm³/mol. The molecule has 3 aromatic carbocycles. The first-order chi connectivity index (χ1) is 17.7. The topological polar surface area (TPSA) is 94.3 Å². The number of benzene rings is 3. The maximum Gasteiger partial charge on any atom is 0.346 e. The maximum absolute atomic E-state index is 13.5. The van der Waals surface area contributed by atoms with E-state index in [0.29, 0.717) is 12.4 Å². The fourth-order valence-electron chi connectivity index (χ4n) is 4.44. The normalized spacial score (nSPS) is 12.1. The van der Waals surface area contributed by atoms with Crippen LogP contribution in [-0.2, 0) is 13.0 Å². The lowest BCUT2D eigenvalue weighted by Gasteiger charge is -2.11. The molecular weight excluding hydrogens is 450 g/mol. The van der Waals surface area contributed by atoms with Gasteiger partial charge in [0.05, 0.1) is 12.6 Å². The molecule has 1 unspecified atom stereocenters. The van der Waals surface area contributed by atoms with E-state index < -0.39 is 0 Å². The number of hydrogen-bond acceptors (Lipinski definition) is 5. The molecule has 0 radical (unpaired) electrons. The van der Waals surface area contributed by atoms with Gasteiger partial charge in [-0.1, -0.05) is 92.2 Å². The zero-order chi connectivity index (χ0) is 24.9. The van der Waals surface area contributed by atoms with Gasteiger partial charge in [0.2, 0.25) is 5.82 Å². The van der Waals surface area contributed by atoms with Crippen molar-refractivity contribution in [1.82, 2.24) is 35.0 Å². The fourth-order valence-corrected chi connectivity index (χ4v) is 4.44. The van der Waals surface area contributed by atoms with E-state index in [2.05, 4.69) is 51.8 Å². The Hall–Kier alpha value is -4.33. The van der Waals surface area contributed by atoms with Crippen LogP contribution in [0, 0.1) is 0 Å². The second kappa shape index (κ2) is 10.5. The molecule has 0 saturated heterocycles. The summed E-state index contributed by atoms with van der Waals surface area (Å²) < 4.78 is 3.44. The van der Waals surface area contributed by atoms with Crippen LogP contribution in [-0.4, -0.2) is 35.0 Å². The molecule has 1 N–H and O–H groups in total. The monoisotopic (exact) mass is 479 g/mol. The molecule has 0 aliphatic carbocycles. The van der Waals surface area contributed by atoms with Gasteiger partial charge in [0.1, 0.15) is 5.82 Å². The van der Waals surface area contributed by atoms with Gasteiger partial charge in [0.25, 0.3) is 0 Å². The standard InChI is InChI=1S/C28H29N7O/c1-3-4-14-26-31-35(20(2)22-10-6-5-7-11-22)28(36)34(26)19-21-15-17-23(18-16-21)24-12-8-9-13-25(24)27-29-32-33-30-27/h5-13,15-18,20H,3-4,14,19H2,1-2H3,(H,29,30,32,33). The quantitative estimate of drug-likeness (QED) is 0.325. The fraction of sp³-hybridized carbons (Fsp3) is 0.250. The van der Waals surface area contributed by atoms with Gasteiger partial charge >= 0.3 is 5.69 Å². The number of tetrazole rings is 1. The highest BCUT2D eigenvalue weighted by atomic mass is 16.2. The summed E-state index contributed by atoms with van der Waals surface area (Å²) in [6.07, 6.45) is 2.81. The van der Waals surface area contributed by atoms with Gasteiger partial charge in [0, 0.05) is 12.0 Å². The van der Waals surface area contributed by atoms with Crippen molar-refractivity contribution in [3.63, 3.8) is 0 Å². The highest BCUT2D eigenvalue weighted by Gasteiger charge is 2.19. The highest BCUT2D eigenvalue weighted by molar-refractivity contribution is 5.80. The van der Waals surface area contributed by atoms with Crippen LogP contribution in [0.3, 0.4) is 0 Å². The van der Waals surface area contributed by atoms with Crippen LogP contribution in [0.2, 0.25) is 0 Å². The molecule has 36 heavy (non-hydrogen) atoms. The zero-order valence-corrected chi connectivity index (χ0v) is 20.5. The van der Waals surface area contributed by atoms with Gasteiger partial charge in [-0.05, 0) is 40.8 Å². The third kappa shape index (κ3) is 4.75. The third-order valence-electron chi connectivity index (χ3n) is 6.48. The molecule has 0 amide bonds. The van der Waals surface area contributed by atoms with Gasteiger partial charge in [0.15, 0.2) is 0 Å². The van der Waals surface area contributed by atoms with E-state index in [0.717, 1.165) is 52.9 Å². The van der Waals surface area contributed by atoms with E-state index in [1.807, 2.05) is 66.1 Å². The van der Waals surface area contributed by atoms with Crippen LogP contribution >= 0.6 is 0 Å². The minimum absolute atomic E-state index is 0.0796. The Morgan fingerprint density at radius 1 is 0.917 bits per heavy atom. The Labute approximate surface area is 209 Å². The Morgan fingerprint density at radius 2 is 1.64 bits per heavy atom. The summed E-state index contributed by atoms with van der Waals surface area (Å²) in [6.45, 7) is 4.65. The van der Waals surface area contributed by atoms with Gasteiger partial charge in [-0.15, -0.1) is 10.2 Å². The minimum Gasteiger partial charge on any atom is -0.274 e. The number of nitrogens with one attached hydrogen (secondary N) is 1. The van der Waals surface area contributed by atoms with Crippen LogP contribution in [0.15, 0.2) is 83.7 Å². The average molecular weight is 480 g/mol. The number of H-pyrrole nitrogens is 1. The second-order valence-corrected chi connectivity index (χ2v) is 8.90. The molecule has 0 spiro atoms. The molecule has 2 heterocycles. The summed E-state index contributed by atoms with van der Waals surface area (Å²) in [5.41, 5.74) is 5.01. The van der Waals surface area contributed by atoms with Gasteiger partial charge in [-0.2, -0.15) is 10.3 Å². The number of aryl methyl sites for hydroxylation is 1. The Kier molecular flexibility index (Phi) is 6.84. The van der Waals surface area contributed by atoms with Crippen molar-refractivity contribution in [1.29, 1.82) is 0 Å². The van der Waals surface area contributed by atoms with Crippen LogP contribution in [0.5, 0.6) is 0 Å². The van der Waals surface area contributed by atoms with E-state index >= 15 is 0 Å². The van der Waals surface area contributed by atoms with E-state index in [-0.39, 0.29) is 11.7 Å². The van der Waals surface area contributed by atoms with E-state index in [1.165, 1.54) is 0 Å². The Bertz CT molecular complexity index is 1470. The number of unbranched alkanes of at least 4 members (excludes halogenated alkanes) is 1. The number of aromatic amines is 1. The lowest BCUT2D eigenvalue weighted by Crippen LogP contribution is -2.28. The molecule has 8 nitrogen and oxygen atoms in total. The molecule has 5 aromatic rings. The first kappa shape index (κ1) is 23.4. The van der Waals surface area contributed by atoms with Crippen molar-refractivity contribution in [2.75, 3.05) is 0 Å². The van der Waals surface area contributed by atoms with Gasteiger partial charge < -0.3 is 0 Å². The van der Waals surface area contributed by atoms with Crippen molar-refractivity contribution in [2.45, 2.75) is 45.7 Å². The van der Waals surface area contributed by atoms with E-state index in [4.69, 9.17) is 5.10 Å². The van der Waals surface area contributed by atoms with Crippen molar-refractivity contribution in [3.8, 4) is 22.5 Å². The summed E-state index contributed by atoms with van der Waals surface area (Å²) in [7, 11) is 0. The molecule has 0 aliphatic heterocycles. The summed E-state index contributed by atoms with van der Waals surface area (Å²) in [5.74, 6) is 1.39. The SMILES string of the molecule is CCCCc1nn(C(C)c2ccccc2)c(=O)n1Cc1ccc(-c2ccccc2-c2nn[nH]n2)cc1. The molecule has 2 aromatic heterocycles. The first-order valence-corrected chi connectivity index (χ1v) is 12.3. The number of nitrogens with zero attached hydrogens (tertiary/aromatic N) is 6. The van der Waals surface area contributed by atoms with Crippen LogP contribution < -0.4 is 5.69 Å². The average Bonchev–Trinajstić information content (AvgIpc) is 3.57. The third-order valence-corrected chi connectivity index (χ3v) is 6.48. The van der Waals surface area contributed by atoms with Crippen LogP contribution in [0.4, 0.5) is 0 Å². The summed E-state index contributed by atoms with van der Waals surface area (Å²) in [6, 6.07) is 26.2. The predicted octanol–water partition coefficient (Wildman–Crippen LogP) is 4.89. The molecule has 1 atom stereocenters.